The predicted molar refractivity (Wildman–Crippen MR) is 148 cm³/mol. The Labute approximate surface area is 236 Å². The highest BCUT2D eigenvalue weighted by Crippen LogP contribution is 2.47. The Hall–Kier alpha value is -3.92. The van der Waals surface area contributed by atoms with E-state index in [2.05, 4.69) is 15.4 Å². The van der Waals surface area contributed by atoms with Crippen molar-refractivity contribution in [2.75, 3.05) is 29.5 Å². The van der Waals surface area contributed by atoms with Crippen LogP contribution in [-0.4, -0.2) is 61.4 Å². The van der Waals surface area contributed by atoms with Crippen LogP contribution in [0.25, 0.3) is 16.9 Å². The quantitative estimate of drug-likeness (QED) is 0.439. The van der Waals surface area contributed by atoms with Gasteiger partial charge in [0.15, 0.2) is 11.6 Å². The third kappa shape index (κ3) is 6.22. The number of anilines is 1. The molecule has 0 spiro atoms. The van der Waals surface area contributed by atoms with E-state index in [1.165, 1.54) is 36.1 Å². The molecule has 1 aliphatic carbocycles. The fraction of sp³-hybridized carbons (Fsp3) is 0.429. The molecule has 13 heteroatoms. The molecule has 2 aromatic heterocycles. The summed E-state index contributed by atoms with van der Waals surface area (Å²) in [6.45, 7) is 2.48. The first kappa shape index (κ1) is 28.6. The molecule has 1 amide bonds. The van der Waals surface area contributed by atoms with Crippen LogP contribution in [0.5, 0.6) is 0 Å². The van der Waals surface area contributed by atoms with E-state index >= 15 is 0 Å². The van der Waals surface area contributed by atoms with Crippen LogP contribution < -0.4 is 10.2 Å². The number of benzene rings is 1. The Morgan fingerprint density at radius 1 is 1.24 bits per heavy atom. The molecule has 1 saturated carbocycles. The maximum Gasteiger partial charge on any atom is 0.248 e. The Balaban J connectivity index is 1.56. The second-order valence-corrected chi connectivity index (χ2v) is 13.0. The van der Waals surface area contributed by atoms with Crippen molar-refractivity contribution in [1.29, 1.82) is 10.0 Å². The Morgan fingerprint density at radius 2 is 1.95 bits per heavy atom. The van der Waals surface area contributed by atoms with Gasteiger partial charge in [0.2, 0.25) is 11.8 Å². The molecule has 3 heterocycles. The van der Waals surface area contributed by atoms with Crippen molar-refractivity contribution in [2.24, 2.45) is 5.92 Å². The molecule has 2 N–H and O–H groups in total. The lowest BCUT2D eigenvalue weighted by Crippen LogP contribution is -2.43. The number of carbonyl (C=O) groups is 1. The average molecular weight is 586 g/mol. The number of nitriles is 1. The van der Waals surface area contributed by atoms with E-state index in [0.29, 0.717) is 24.2 Å². The Kier molecular flexibility index (Phi) is 7.78. The zero-order chi connectivity index (χ0) is 29.4. The van der Waals surface area contributed by atoms with Crippen molar-refractivity contribution >= 4 is 21.3 Å². The summed E-state index contributed by atoms with van der Waals surface area (Å²) in [6, 6.07) is 11.1. The molecule has 0 bridgehead atoms. The van der Waals surface area contributed by atoms with E-state index in [1.807, 2.05) is 23.1 Å². The first-order chi connectivity index (χ1) is 19.5. The van der Waals surface area contributed by atoms with Gasteiger partial charge in [-0.15, -0.1) is 0 Å². The molecule has 1 aliphatic heterocycles. The lowest BCUT2D eigenvalue weighted by Gasteiger charge is -2.35. The highest BCUT2D eigenvalue weighted by molar-refractivity contribution is 7.92. The SMILES string of the molecule is C[C@@H](C#N)NC(=O)[C@@H]1CCC(F)(F)C[C@H]1c1nn(-c2ncccc2F)cc1-c1ccc(N2CCS(=N)(=O)CC2)cc1. The maximum absolute atomic E-state index is 14.8. The summed E-state index contributed by atoms with van der Waals surface area (Å²) in [6.07, 6.45) is 1.74. The summed E-state index contributed by atoms with van der Waals surface area (Å²) in [5, 5.41) is 16.3. The molecule has 2 fully saturated rings. The zero-order valence-electron chi connectivity index (χ0n) is 22.4. The van der Waals surface area contributed by atoms with Crippen molar-refractivity contribution < 1.29 is 22.2 Å². The summed E-state index contributed by atoms with van der Waals surface area (Å²) in [5.41, 5.74) is 2.17. The Morgan fingerprint density at radius 3 is 2.61 bits per heavy atom. The van der Waals surface area contributed by atoms with Crippen LogP contribution in [0.3, 0.4) is 0 Å². The van der Waals surface area contributed by atoms with E-state index in [9.17, 15) is 22.2 Å². The van der Waals surface area contributed by atoms with E-state index in [4.69, 9.17) is 10.0 Å². The number of carbonyl (C=O) groups excluding carboxylic acids is 1. The number of halogens is 3. The van der Waals surface area contributed by atoms with Gasteiger partial charge in [0.05, 0.1) is 11.8 Å². The third-order valence-electron chi connectivity index (χ3n) is 7.69. The molecule has 1 saturated heterocycles. The molecular weight excluding hydrogens is 555 g/mol. The molecule has 41 heavy (non-hydrogen) atoms. The molecule has 3 aromatic rings. The zero-order valence-corrected chi connectivity index (χ0v) is 23.2. The van der Waals surface area contributed by atoms with Gasteiger partial charge in [-0.1, -0.05) is 12.1 Å². The molecule has 216 valence electrons. The van der Waals surface area contributed by atoms with Gasteiger partial charge in [0.1, 0.15) is 6.04 Å². The van der Waals surface area contributed by atoms with Crippen LogP contribution in [0.4, 0.5) is 18.9 Å². The fourth-order valence-corrected chi connectivity index (χ4v) is 6.70. The summed E-state index contributed by atoms with van der Waals surface area (Å²) in [4.78, 5) is 19.3. The van der Waals surface area contributed by atoms with Crippen LogP contribution in [0.15, 0.2) is 48.8 Å². The van der Waals surface area contributed by atoms with Gasteiger partial charge in [-0.3, -0.25) is 9.57 Å². The molecule has 0 radical (unpaired) electrons. The number of hydrogen-bond acceptors (Lipinski definition) is 7. The predicted octanol–water partition coefficient (Wildman–Crippen LogP) is 4.49. The van der Waals surface area contributed by atoms with Gasteiger partial charge < -0.3 is 10.2 Å². The number of hydrogen-bond donors (Lipinski definition) is 2. The van der Waals surface area contributed by atoms with Crippen molar-refractivity contribution in [3.8, 4) is 23.0 Å². The highest BCUT2D eigenvalue weighted by atomic mass is 32.2. The molecule has 2 aliphatic rings. The standard InChI is InChI=1S/C28H30F3N7O2S/c1-18(16-32)35-27(39)21-8-9-28(30,31)15-22(21)25-23(17-38(36-25)26-24(29)3-2-10-34-26)19-4-6-20(7-5-19)37-11-13-41(33,40)14-12-37/h2-7,10,17-18,21-22,33H,8-9,11-15H2,1H3,(H,35,39)/t18-,21+,22+/m0/s1. The number of amides is 1. The van der Waals surface area contributed by atoms with Crippen molar-refractivity contribution in [2.45, 2.75) is 44.1 Å². The second kappa shape index (κ2) is 11.2. The molecule has 3 atom stereocenters. The lowest BCUT2D eigenvalue weighted by atomic mass is 9.74. The van der Waals surface area contributed by atoms with E-state index < -0.39 is 58.1 Å². The van der Waals surface area contributed by atoms with E-state index in [-0.39, 0.29) is 29.4 Å². The van der Waals surface area contributed by atoms with Gasteiger partial charge in [-0.05, 0) is 43.2 Å². The first-order valence-electron chi connectivity index (χ1n) is 13.3. The molecule has 9 nitrogen and oxygen atoms in total. The van der Waals surface area contributed by atoms with Crippen molar-refractivity contribution in [3.63, 3.8) is 0 Å². The molecular formula is C28H30F3N7O2S. The van der Waals surface area contributed by atoms with E-state index in [1.54, 1.807) is 12.1 Å². The topological polar surface area (TPSA) is 128 Å². The van der Waals surface area contributed by atoms with Gasteiger partial charge >= 0.3 is 0 Å². The lowest BCUT2D eigenvalue weighted by molar-refractivity contribution is -0.131. The van der Waals surface area contributed by atoms with Gasteiger partial charge in [-0.25, -0.2) is 27.0 Å². The van der Waals surface area contributed by atoms with Gasteiger partial charge in [0, 0.05) is 82.6 Å². The molecule has 5 rings (SSSR count). The van der Waals surface area contributed by atoms with Gasteiger partial charge in [0.25, 0.3) is 0 Å². The number of nitrogens with one attached hydrogen (secondary N) is 2. The first-order valence-corrected chi connectivity index (χ1v) is 15.2. The number of alkyl halides is 2. The van der Waals surface area contributed by atoms with Gasteiger partial charge in [-0.2, -0.15) is 10.4 Å². The number of pyridine rings is 1. The van der Waals surface area contributed by atoms with Crippen molar-refractivity contribution in [1.82, 2.24) is 20.1 Å². The minimum atomic E-state index is -3.03. The second-order valence-electron chi connectivity index (χ2n) is 10.6. The number of rotatable bonds is 6. The normalized spacial score (nSPS) is 22.5. The minimum Gasteiger partial charge on any atom is -0.370 e. The fourth-order valence-electron chi connectivity index (χ4n) is 5.46. The monoisotopic (exact) mass is 585 g/mol. The van der Waals surface area contributed by atoms with Crippen molar-refractivity contribution in [3.05, 3.63) is 60.3 Å². The van der Waals surface area contributed by atoms with Crippen LogP contribution in [0.1, 0.15) is 37.8 Å². The van der Waals surface area contributed by atoms with Crippen LogP contribution >= 0.6 is 0 Å². The molecule has 1 aromatic carbocycles. The van der Waals surface area contributed by atoms with Crippen LogP contribution in [-0.2, 0) is 14.5 Å². The van der Waals surface area contributed by atoms with E-state index in [0.717, 1.165) is 5.69 Å². The molecule has 0 unspecified atom stereocenters. The Bertz CT molecular complexity index is 1570. The summed E-state index contributed by atoms with van der Waals surface area (Å²) in [5.74, 6) is -5.59. The average Bonchev–Trinajstić information content (AvgIpc) is 3.38. The summed E-state index contributed by atoms with van der Waals surface area (Å²) >= 11 is 0. The third-order valence-corrected chi connectivity index (χ3v) is 9.37. The maximum atomic E-state index is 14.8. The summed E-state index contributed by atoms with van der Waals surface area (Å²) in [7, 11) is -2.55. The summed E-state index contributed by atoms with van der Waals surface area (Å²) < 4.78 is 65.4. The smallest absolute Gasteiger partial charge is 0.248 e. The van der Waals surface area contributed by atoms with Crippen LogP contribution in [0, 0.1) is 27.8 Å². The van der Waals surface area contributed by atoms with Crippen LogP contribution in [0.2, 0.25) is 0 Å². The highest BCUT2D eigenvalue weighted by Gasteiger charge is 2.46. The largest absolute Gasteiger partial charge is 0.370 e. The number of nitrogens with zero attached hydrogens (tertiary/aromatic N) is 5. The number of aromatic nitrogens is 3. The minimum absolute atomic E-state index is 0.0982.